The Labute approximate surface area is 167 Å². The SMILES string of the molecule is Cc1nc(SCC(=O)c2cc(C)n(-c3ccc4c(c3)OCCO4)c2C)oc1C. The van der Waals surface area contributed by atoms with E-state index in [1.54, 1.807) is 0 Å². The standard InChI is InChI=1S/C21H22N2O4S/c1-12-9-17(18(24)11-28-21-22-13(2)15(4)27-21)14(3)23(12)16-5-6-19-20(10-16)26-8-7-25-19/h5-6,9-10H,7-8,11H2,1-4H3. The number of rotatable bonds is 5. The molecule has 146 valence electrons. The van der Waals surface area contributed by atoms with Crippen molar-refractivity contribution in [3.8, 4) is 17.2 Å². The number of benzene rings is 1. The molecule has 1 aliphatic rings. The van der Waals surface area contributed by atoms with Crippen LogP contribution < -0.4 is 9.47 Å². The quantitative estimate of drug-likeness (QED) is 0.467. The van der Waals surface area contributed by atoms with Gasteiger partial charge in [0.05, 0.1) is 11.4 Å². The number of fused-ring (bicyclic) bond motifs is 1. The van der Waals surface area contributed by atoms with Crippen LogP contribution in [0.3, 0.4) is 0 Å². The van der Waals surface area contributed by atoms with E-state index in [4.69, 9.17) is 13.9 Å². The van der Waals surface area contributed by atoms with Crippen LogP contribution in [0.25, 0.3) is 5.69 Å². The maximum Gasteiger partial charge on any atom is 0.256 e. The highest BCUT2D eigenvalue weighted by atomic mass is 32.2. The van der Waals surface area contributed by atoms with E-state index in [2.05, 4.69) is 9.55 Å². The first-order valence-corrected chi connectivity index (χ1v) is 10.1. The van der Waals surface area contributed by atoms with Gasteiger partial charge in [-0.05, 0) is 45.9 Å². The van der Waals surface area contributed by atoms with Crippen LogP contribution in [-0.2, 0) is 0 Å². The van der Waals surface area contributed by atoms with E-state index in [0.29, 0.717) is 24.0 Å². The first-order chi connectivity index (χ1) is 13.4. The molecule has 0 spiro atoms. The van der Waals surface area contributed by atoms with Gasteiger partial charge in [0.25, 0.3) is 5.22 Å². The third kappa shape index (κ3) is 3.42. The van der Waals surface area contributed by atoms with Gasteiger partial charge in [0.1, 0.15) is 19.0 Å². The average molecular weight is 398 g/mol. The summed E-state index contributed by atoms with van der Waals surface area (Å²) in [6, 6.07) is 7.78. The minimum Gasteiger partial charge on any atom is -0.486 e. The zero-order valence-electron chi connectivity index (χ0n) is 16.4. The fraction of sp³-hybridized carbons (Fsp3) is 0.333. The molecule has 0 saturated heterocycles. The van der Waals surface area contributed by atoms with Crippen molar-refractivity contribution in [2.45, 2.75) is 32.9 Å². The van der Waals surface area contributed by atoms with Crippen molar-refractivity contribution >= 4 is 17.5 Å². The number of carbonyl (C=O) groups is 1. The van der Waals surface area contributed by atoms with Crippen molar-refractivity contribution in [1.82, 2.24) is 9.55 Å². The lowest BCUT2D eigenvalue weighted by Crippen LogP contribution is -2.15. The predicted molar refractivity (Wildman–Crippen MR) is 107 cm³/mol. The third-order valence-electron chi connectivity index (χ3n) is 4.85. The fourth-order valence-corrected chi connectivity index (χ4v) is 4.12. The Morgan fingerprint density at radius 2 is 1.86 bits per heavy atom. The Morgan fingerprint density at radius 3 is 2.57 bits per heavy atom. The number of nitrogens with zero attached hydrogens (tertiary/aromatic N) is 2. The highest BCUT2D eigenvalue weighted by Gasteiger charge is 2.20. The van der Waals surface area contributed by atoms with Gasteiger partial charge in [-0.2, -0.15) is 0 Å². The number of ketones is 1. The van der Waals surface area contributed by atoms with Crippen LogP contribution in [0.4, 0.5) is 0 Å². The Kier molecular flexibility index (Phi) is 4.93. The summed E-state index contributed by atoms with van der Waals surface area (Å²) >= 11 is 1.32. The van der Waals surface area contributed by atoms with Crippen molar-refractivity contribution in [3.05, 3.63) is 52.7 Å². The second-order valence-electron chi connectivity index (χ2n) is 6.78. The number of thioether (sulfide) groups is 1. The van der Waals surface area contributed by atoms with Crippen LogP contribution >= 0.6 is 11.8 Å². The molecular formula is C21H22N2O4S. The lowest BCUT2D eigenvalue weighted by atomic mass is 10.2. The molecule has 0 N–H and O–H groups in total. The van der Waals surface area contributed by atoms with Gasteiger partial charge < -0.3 is 18.5 Å². The molecule has 1 aromatic carbocycles. The normalized spacial score (nSPS) is 13.0. The van der Waals surface area contributed by atoms with Crippen molar-refractivity contribution in [2.75, 3.05) is 19.0 Å². The smallest absolute Gasteiger partial charge is 0.256 e. The second-order valence-corrected chi connectivity index (χ2v) is 7.71. The van der Waals surface area contributed by atoms with Gasteiger partial charge in [0.2, 0.25) is 0 Å². The molecule has 3 heterocycles. The first-order valence-electron chi connectivity index (χ1n) is 9.13. The predicted octanol–water partition coefficient (Wildman–Crippen LogP) is 4.45. The largest absolute Gasteiger partial charge is 0.486 e. The fourth-order valence-electron chi connectivity index (χ4n) is 3.32. The number of hydrogen-bond donors (Lipinski definition) is 0. The Bertz CT molecular complexity index is 1030. The molecule has 1 aliphatic heterocycles. The first kappa shape index (κ1) is 18.7. The van der Waals surface area contributed by atoms with Crippen molar-refractivity contribution in [3.63, 3.8) is 0 Å². The van der Waals surface area contributed by atoms with Crippen LogP contribution in [0.1, 0.15) is 33.2 Å². The lowest BCUT2D eigenvalue weighted by Gasteiger charge is -2.20. The molecule has 0 atom stereocenters. The molecule has 0 bridgehead atoms. The van der Waals surface area contributed by atoms with Crippen LogP contribution in [0.2, 0.25) is 0 Å². The maximum atomic E-state index is 12.8. The van der Waals surface area contributed by atoms with Gasteiger partial charge in [-0.1, -0.05) is 11.8 Å². The summed E-state index contributed by atoms with van der Waals surface area (Å²) in [5.41, 5.74) is 4.40. The number of ether oxygens (including phenoxy) is 2. The summed E-state index contributed by atoms with van der Waals surface area (Å²) in [6.07, 6.45) is 0. The van der Waals surface area contributed by atoms with Gasteiger partial charge in [0, 0.05) is 28.7 Å². The summed E-state index contributed by atoms with van der Waals surface area (Å²) in [7, 11) is 0. The lowest BCUT2D eigenvalue weighted by molar-refractivity contribution is 0.102. The summed E-state index contributed by atoms with van der Waals surface area (Å²) in [5.74, 6) is 2.60. The van der Waals surface area contributed by atoms with E-state index >= 15 is 0 Å². The van der Waals surface area contributed by atoms with E-state index in [1.165, 1.54) is 11.8 Å². The number of carbonyl (C=O) groups excluding carboxylic acids is 1. The summed E-state index contributed by atoms with van der Waals surface area (Å²) < 4.78 is 18.9. The van der Waals surface area contributed by atoms with Gasteiger partial charge in [0.15, 0.2) is 17.3 Å². The molecule has 0 radical (unpaired) electrons. The minimum atomic E-state index is 0.0513. The number of Topliss-reactive ketones (excluding diaryl/α,β-unsaturated/α-hetero) is 1. The van der Waals surface area contributed by atoms with Gasteiger partial charge in [-0.3, -0.25) is 4.79 Å². The molecule has 0 unspecified atom stereocenters. The average Bonchev–Trinajstić information content (AvgIpc) is 3.17. The monoisotopic (exact) mass is 398 g/mol. The van der Waals surface area contributed by atoms with Gasteiger partial charge >= 0.3 is 0 Å². The van der Waals surface area contributed by atoms with E-state index in [0.717, 1.165) is 40.0 Å². The minimum absolute atomic E-state index is 0.0513. The Balaban J connectivity index is 1.57. The number of oxazole rings is 1. The molecule has 7 heteroatoms. The second kappa shape index (κ2) is 7.39. The molecule has 2 aromatic heterocycles. The molecule has 0 aliphatic carbocycles. The molecule has 0 amide bonds. The molecule has 0 fully saturated rings. The number of aryl methyl sites for hydroxylation is 3. The van der Waals surface area contributed by atoms with Crippen LogP contribution in [0.5, 0.6) is 11.5 Å². The summed E-state index contributed by atoms with van der Waals surface area (Å²) in [4.78, 5) is 17.1. The highest BCUT2D eigenvalue weighted by molar-refractivity contribution is 7.99. The molecule has 4 rings (SSSR count). The van der Waals surface area contributed by atoms with Crippen molar-refractivity contribution < 1.29 is 18.7 Å². The van der Waals surface area contributed by atoms with Crippen molar-refractivity contribution in [1.29, 1.82) is 0 Å². The highest BCUT2D eigenvalue weighted by Crippen LogP contribution is 2.33. The summed E-state index contributed by atoms with van der Waals surface area (Å²) in [5, 5.41) is 0.531. The third-order valence-corrected chi connectivity index (χ3v) is 5.68. The van der Waals surface area contributed by atoms with E-state index < -0.39 is 0 Å². The topological polar surface area (TPSA) is 66.5 Å². The molecule has 0 saturated carbocycles. The van der Waals surface area contributed by atoms with Crippen molar-refractivity contribution in [2.24, 2.45) is 0 Å². The maximum absolute atomic E-state index is 12.8. The van der Waals surface area contributed by atoms with E-state index in [1.807, 2.05) is 52.0 Å². The van der Waals surface area contributed by atoms with Gasteiger partial charge in [-0.25, -0.2) is 4.98 Å². The molecule has 28 heavy (non-hydrogen) atoms. The van der Waals surface area contributed by atoms with Crippen LogP contribution in [-0.4, -0.2) is 34.3 Å². The number of hydrogen-bond acceptors (Lipinski definition) is 6. The van der Waals surface area contributed by atoms with Gasteiger partial charge in [-0.15, -0.1) is 0 Å². The molecular weight excluding hydrogens is 376 g/mol. The molecule has 6 nitrogen and oxygen atoms in total. The van der Waals surface area contributed by atoms with E-state index in [-0.39, 0.29) is 11.5 Å². The molecule has 3 aromatic rings. The zero-order valence-corrected chi connectivity index (χ0v) is 17.2. The number of aromatic nitrogens is 2. The van der Waals surface area contributed by atoms with Crippen LogP contribution in [0, 0.1) is 27.7 Å². The Hall–Kier alpha value is -2.67. The Morgan fingerprint density at radius 1 is 1.11 bits per heavy atom. The zero-order chi connectivity index (χ0) is 19.8. The summed E-state index contributed by atoms with van der Waals surface area (Å²) in [6.45, 7) is 8.82. The van der Waals surface area contributed by atoms with E-state index in [9.17, 15) is 4.79 Å². The van der Waals surface area contributed by atoms with Crippen LogP contribution in [0.15, 0.2) is 33.9 Å².